The molecule has 0 bridgehead atoms. The number of halogens is 1. The molecule has 0 saturated heterocycles. The monoisotopic (exact) mass is 225 g/mol. The van der Waals surface area contributed by atoms with Gasteiger partial charge in [-0.25, -0.2) is 0 Å². The molecule has 0 unspecified atom stereocenters. The lowest BCUT2D eigenvalue weighted by Crippen LogP contribution is -2.35. The highest BCUT2D eigenvalue weighted by molar-refractivity contribution is 6.31. The number of carbonyl (C=O) groups excluding carboxylic acids is 1. The summed E-state index contributed by atoms with van der Waals surface area (Å²) in [4.78, 5) is 11.6. The van der Waals surface area contributed by atoms with Gasteiger partial charge in [0.15, 0.2) is 0 Å². The second-order valence-corrected chi connectivity index (χ2v) is 4.88. The Balaban J connectivity index is 2.64. The van der Waals surface area contributed by atoms with Crippen LogP contribution in [0.1, 0.15) is 25.8 Å². The van der Waals surface area contributed by atoms with Crippen molar-refractivity contribution in [3.8, 4) is 0 Å². The summed E-state index contributed by atoms with van der Waals surface area (Å²) in [5.74, 6) is 0.121. The van der Waals surface area contributed by atoms with Crippen LogP contribution < -0.4 is 5.73 Å². The van der Waals surface area contributed by atoms with Crippen molar-refractivity contribution < 1.29 is 4.79 Å². The Morgan fingerprint density at radius 3 is 2.53 bits per heavy atom. The minimum absolute atomic E-state index is 0.121. The predicted molar refractivity (Wildman–Crippen MR) is 63.0 cm³/mol. The first-order chi connectivity index (χ1) is 6.88. The summed E-state index contributed by atoms with van der Waals surface area (Å²) in [5.41, 5.74) is 6.20. The topological polar surface area (TPSA) is 43.1 Å². The maximum atomic E-state index is 11.6. The number of hydrogen-bond donors (Lipinski definition) is 1. The van der Waals surface area contributed by atoms with E-state index in [9.17, 15) is 4.79 Å². The van der Waals surface area contributed by atoms with E-state index in [-0.39, 0.29) is 5.78 Å². The minimum Gasteiger partial charge on any atom is -0.325 e. The van der Waals surface area contributed by atoms with Crippen molar-refractivity contribution in [2.24, 2.45) is 5.73 Å². The van der Waals surface area contributed by atoms with E-state index in [0.717, 1.165) is 5.56 Å². The average Bonchev–Trinajstić information content (AvgIpc) is 2.05. The molecular formula is C12H16ClNO. The number of hydrogen-bond acceptors (Lipinski definition) is 2. The molecule has 1 rings (SSSR count). The fraction of sp³-hybridized carbons (Fsp3) is 0.417. The Hall–Kier alpha value is -0.860. The first kappa shape index (κ1) is 12.2. The van der Waals surface area contributed by atoms with Gasteiger partial charge in [-0.15, -0.1) is 0 Å². The van der Waals surface area contributed by atoms with Gasteiger partial charge in [0.1, 0.15) is 5.78 Å². The summed E-state index contributed by atoms with van der Waals surface area (Å²) < 4.78 is 0. The minimum atomic E-state index is -0.446. The van der Waals surface area contributed by atoms with E-state index in [2.05, 4.69) is 0 Å². The van der Waals surface area contributed by atoms with Crippen molar-refractivity contribution in [3.63, 3.8) is 0 Å². The lowest BCUT2D eigenvalue weighted by atomic mass is 9.96. The van der Waals surface area contributed by atoms with Gasteiger partial charge < -0.3 is 5.73 Å². The van der Waals surface area contributed by atoms with Crippen LogP contribution in [0.2, 0.25) is 5.02 Å². The number of nitrogens with two attached hydrogens (primary N) is 1. The summed E-state index contributed by atoms with van der Waals surface area (Å²) >= 11 is 5.96. The molecule has 0 heterocycles. The third-order valence-electron chi connectivity index (χ3n) is 2.00. The molecule has 15 heavy (non-hydrogen) atoms. The van der Waals surface area contributed by atoms with Crippen molar-refractivity contribution in [1.82, 2.24) is 0 Å². The highest BCUT2D eigenvalue weighted by atomic mass is 35.5. The highest BCUT2D eigenvalue weighted by Crippen LogP contribution is 2.17. The van der Waals surface area contributed by atoms with E-state index in [1.165, 1.54) is 0 Å². The quantitative estimate of drug-likeness (QED) is 0.856. The van der Waals surface area contributed by atoms with Gasteiger partial charge in [0.25, 0.3) is 0 Å². The molecular weight excluding hydrogens is 210 g/mol. The van der Waals surface area contributed by atoms with Crippen LogP contribution in [-0.4, -0.2) is 11.3 Å². The van der Waals surface area contributed by atoms with Crippen molar-refractivity contribution in [3.05, 3.63) is 34.9 Å². The Morgan fingerprint density at radius 2 is 2.00 bits per heavy atom. The van der Waals surface area contributed by atoms with E-state index in [4.69, 9.17) is 17.3 Å². The summed E-state index contributed by atoms with van der Waals surface area (Å²) in [5, 5.41) is 0.640. The van der Waals surface area contributed by atoms with Crippen LogP contribution in [0.15, 0.2) is 24.3 Å². The Labute approximate surface area is 95.4 Å². The second kappa shape index (κ2) is 4.77. The largest absolute Gasteiger partial charge is 0.325 e. The van der Waals surface area contributed by atoms with Crippen LogP contribution in [0.5, 0.6) is 0 Å². The molecule has 2 nitrogen and oxygen atoms in total. The van der Waals surface area contributed by atoms with Crippen LogP contribution in [0.3, 0.4) is 0 Å². The lowest BCUT2D eigenvalue weighted by Gasteiger charge is -2.17. The first-order valence-electron chi connectivity index (χ1n) is 4.92. The molecule has 0 spiro atoms. The molecule has 0 atom stereocenters. The van der Waals surface area contributed by atoms with Crippen molar-refractivity contribution in [2.45, 2.75) is 32.2 Å². The average molecular weight is 226 g/mol. The van der Waals surface area contributed by atoms with Gasteiger partial charge in [-0.05, 0) is 25.5 Å². The zero-order chi connectivity index (χ0) is 11.5. The van der Waals surface area contributed by atoms with Gasteiger partial charge in [-0.3, -0.25) is 4.79 Å². The Kier molecular flexibility index (Phi) is 3.89. The van der Waals surface area contributed by atoms with E-state index in [0.29, 0.717) is 17.9 Å². The summed E-state index contributed by atoms with van der Waals surface area (Å²) in [7, 11) is 0. The number of rotatable bonds is 4. The summed E-state index contributed by atoms with van der Waals surface area (Å²) in [6.45, 7) is 3.69. The SMILES string of the molecule is CC(C)(N)CC(=O)Cc1ccccc1Cl. The lowest BCUT2D eigenvalue weighted by molar-refractivity contribution is -0.119. The molecule has 0 amide bonds. The molecule has 82 valence electrons. The van der Waals surface area contributed by atoms with Crippen molar-refractivity contribution in [2.75, 3.05) is 0 Å². The maximum absolute atomic E-state index is 11.6. The molecule has 0 saturated carbocycles. The number of carbonyl (C=O) groups is 1. The van der Waals surface area contributed by atoms with Gasteiger partial charge in [0, 0.05) is 23.4 Å². The summed E-state index contributed by atoms with van der Waals surface area (Å²) in [6.07, 6.45) is 0.735. The van der Waals surface area contributed by atoms with Crippen LogP contribution in [0, 0.1) is 0 Å². The smallest absolute Gasteiger partial charge is 0.139 e. The van der Waals surface area contributed by atoms with Gasteiger partial charge in [0.05, 0.1) is 0 Å². The molecule has 0 fully saturated rings. The zero-order valence-corrected chi connectivity index (χ0v) is 9.84. The maximum Gasteiger partial charge on any atom is 0.139 e. The molecule has 1 aromatic carbocycles. The third kappa shape index (κ3) is 4.45. The van der Waals surface area contributed by atoms with E-state index in [1.54, 1.807) is 6.07 Å². The van der Waals surface area contributed by atoms with Gasteiger partial charge >= 0.3 is 0 Å². The number of ketones is 1. The standard InChI is InChI=1S/C12H16ClNO/c1-12(2,14)8-10(15)7-9-5-3-4-6-11(9)13/h3-6H,7-8,14H2,1-2H3. The van der Waals surface area contributed by atoms with Gasteiger partial charge in [0.2, 0.25) is 0 Å². The molecule has 3 heteroatoms. The highest BCUT2D eigenvalue weighted by Gasteiger charge is 2.17. The number of benzene rings is 1. The van der Waals surface area contributed by atoms with Gasteiger partial charge in [-0.2, -0.15) is 0 Å². The molecule has 2 N–H and O–H groups in total. The fourth-order valence-corrected chi connectivity index (χ4v) is 1.63. The van der Waals surface area contributed by atoms with Gasteiger partial charge in [-0.1, -0.05) is 29.8 Å². The van der Waals surface area contributed by atoms with E-state index < -0.39 is 5.54 Å². The molecule has 0 aromatic heterocycles. The molecule has 0 aliphatic rings. The van der Waals surface area contributed by atoms with Crippen LogP contribution in [0.25, 0.3) is 0 Å². The first-order valence-corrected chi connectivity index (χ1v) is 5.30. The number of Topliss-reactive ketones (excluding diaryl/α,β-unsaturated/α-hetero) is 1. The normalized spacial score (nSPS) is 11.5. The van der Waals surface area contributed by atoms with E-state index in [1.807, 2.05) is 32.0 Å². The molecule has 1 aromatic rings. The van der Waals surface area contributed by atoms with Crippen LogP contribution in [-0.2, 0) is 11.2 Å². The Morgan fingerprint density at radius 1 is 1.40 bits per heavy atom. The van der Waals surface area contributed by atoms with E-state index >= 15 is 0 Å². The fourth-order valence-electron chi connectivity index (χ4n) is 1.42. The predicted octanol–water partition coefficient (Wildman–Crippen LogP) is 2.58. The second-order valence-electron chi connectivity index (χ2n) is 4.47. The van der Waals surface area contributed by atoms with Crippen molar-refractivity contribution in [1.29, 1.82) is 0 Å². The zero-order valence-electron chi connectivity index (χ0n) is 9.09. The Bertz CT molecular complexity index is 355. The van der Waals surface area contributed by atoms with Crippen LogP contribution in [0.4, 0.5) is 0 Å². The third-order valence-corrected chi connectivity index (χ3v) is 2.37. The summed E-state index contributed by atoms with van der Waals surface area (Å²) in [6, 6.07) is 7.38. The molecule has 0 aliphatic heterocycles. The van der Waals surface area contributed by atoms with Crippen molar-refractivity contribution >= 4 is 17.4 Å². The van der Waals surface area contributed by atoms with Crippen LogP contribution >= 0.6 is 11.6 Å². The molecule has 0 radical (unpaired) electrons. The molecule has 0 aliphatic carbocycles.